The lowest BCUT2D eigenvalue weighted by Crippen LogP contribution is -2.18. The van der Waals surface area contributed by atoms with Gasteiger partial charge in [-0.15, -0.1) is 0 Å². The smallest absolute Gasteiger partial charge is 0.0210 e. The highest BCUT2D eigenvalue weighted by Gasteiger charge is 2.34. The Hall–Kier alpha value is -0.820. The summed E-state index contributed by atoms with van der Waals surface area (Å²) in [6.07, 6.45) is 3.84. The first-order chi connectivity index (χ1) is 7.35. The Labute approximate surface area is 92.9 Å². The first kappa shape index (κ1) is 10.7. The van der Waals surface area contributed by atoms with Crippen LogP contribution in [0.2, 0.25) is 0 Å². The average molecular weight is 203 g/mol. The normalized spacial score (nSPS) is 24.1. The molecule has 0 radical (unpaired) electrons. The zero-order valence-corrected chi connectivity index (χ0v) is 9.79. The Morgan fingerprint density at radius 2 is 1.93 bits per heavy atom. The summed E-state index contributed by atoms with van der Waals surface area (Å²) >= 11 is 0. The minimum Gasteiger partial charge on any atom is -0.310 e. The van der Waals surface area contributed by atoms with Crippen LogP contribution in [-0.4, -0.2) is 6.04 Å². The van der Waals surface area contributed by atoms with Crippen LogP contribution in [0, 0.1) is 5.92 Å². The Kier molecular flexibility index (Phi) is 3.42. The van der Waals surface area contributed by atoms with E-state index < -0.39 is 0 Å². The SMILES string of the molecule is CCc1ccccc1CNC1CC1CC. The maximum absolute atomic E-state index is 3.65. The molecular weight excluding hydrogens is 182 g/mol. The molecule has 1 N–H and O–H groups in total. The van der Waals surface area contributed by atoms with E-state index >= 15 is 0 Å². The minimum atomic E-state index is 0.792. The molecule has 82 valence electrons. The zero-order valence-electron chi connectivity index (χ0n) is 9.79. The summed E-state index contributed by atoms with van der Waals surface area (Å²) < 4.78 is 0. The highest BCUT2D eigenvalue weighted by Crippen LogP contribution is 2.33. The third kappa shape index (κ3) is 2.60. The van der Waals surface area contributed by atoms with Gasteiger partial charge in [0, 0.05) is 12.6 Å². The van der Waals surface area contributed by atoms with E-state index in [1.807, 2.05) is 0 Å². The molecule has 0 spiro atoms. The second-order valence-electron chi connectivity index (χ2n) is 4.51. The first-order valence-electron chi connectivity index (χ1n) is 6.15. The fraction of sp³-hybridized carbons (Fsp3) is 0.571. The van der Waals surface area contributed by atoms with Crippen molar-refractivity contribution in [3.8, 4) is 0 Å². The standard InChI is InChI=1S/C14H21N/c1-3-11-7-5-6-8-13(11)10-15-14-9-12(14)4-2/h5-8,12,14-15H,3-4,9-10H2,1-2H3. The zero-order chi connectivity index (χ0) is 10.7. The summed E-state index contributed by atoms with van der Waals surface area (Å²) in [7, 11) is 0. The highest BCUT2D eigenvalue weighted by atomic mass is 15.0. The van der Waals surface area contributed by atoms with Crippen LogP contribution in [-0.2, 0) is 13.0 Å². The molecule has 0 aromatic heterocycles. The number of hydrogen-bond acceptors (Lipinski definition) is 1. The Balaban J connectivity index is 1.88. The van der Waals surface area contributed by atoms with Gasteiger partial charge in [-0.1, -0.05) is 44.5 Å². The fourth-order valence-electron chi connectivity index (χ4n) is 2.26. The molecule has 15 heavy (non-hydrogen) atoms. The summed E-state index contributed by atoms with van der Waals surface area (Å²) in [5.41, 5.74) is 2.96. The number of hydrogen-bond donors (Lipinski definition) is 1. The number of nitrogens with one attached hydrogen (secondary N) is 1. The van der Waals surface area contributed by atoms with E-state index in [9.17, 15) is 0 Å². The molecule has 0 saturated heterocycles. The van der Waals surface area contributed by atoms with Crippen LogP contribution in [0.15, 0.2) is 24.3 Å². The van der Waals surface area contributed by atoms with Crippen LogP contribution >= 0.6 is 0 Å². The third-order valence-corrected chi connectivity index (χ3v) is 3.50. The van der Waals surface area contributed by atoms with Gasteiger partial charge in [-0.25, -0.2) is 0 Å². The van der Waals surface area contributed by atoms with Crippen molar-refractivity contribution in [3.63, 3.8) is 0 Å². The molecule has 0 heterocycles. The van der Waals surface area contributed by atoms with Gasteiger partial charge in [0.25, 0.3) is 0 Å². The minimum absolute atomic E-state index is 0.792. The number of benzene rings is 1. The van der Waals surface area contributed by atoms with E-state index in [1.54, 1.807) is 0 Å². The highest BCUT2D eigenvalue weighted by molar-refractivity contribution is 5.27. The van der Waals surface area contributed by atoms with Gasteiger partial charge in [0.05, 0.1) is 0 Å². The predicted molar refractivity (Wildman–Crippen MR) is 64.8 cm³/mol. The van der Waals surface area contributed by atoms with Crippen LogP contribution in [0.1, 0.15) is 37.8 Å². The van der Waals surface area contributed by atoms with E-state index in [0.29, 0.717) is 0 Å². The molecule has 2 rings (SSSR count). The van der Waals surface area contributed by atoms with Crippen molar-refractivity contribution in [1.82, 2.24) is 5.32 Å². The van der Waals surface area contributed by atoms with Crippen LogP contribution in [0.3, 0.4) is 0 Å². The van der Waals surface area contributed by atoms with Gasteiger partial charge < -0.3 is 5.32 Å². The summed E-state index contributed by atoms with van der Waals surface area (Å²) in [5.74, 6) is 0.943. The van der Waals surface area contributed by atoms with E-state index in [0.717, 1.165) is 24.9 Å². The summed E-state index contributed by atoms with van der Waals surface area (Å²) in [4.78, 5) is 0. The van der Waals surface area contributed by atoms with E-state index in [2.05, 4.69) is 43.4 Å². The van der Waals surface area contributed by atoms with Crippen molar-refractivity contribution in [2.75, 3.05) is 0 Å². The molecule has 0 aliphatic heterocycles. The molecule has 1 heteroatoms. The summed E-state index contributed by atoms with van der Waals surface area (Å²) in [6.45, 7) is 5.56. The molecule has 2 atom stereocenters. The van der Waals surface area contributed by atoms with Gasteiger partial charge in [-0.2, -0.15) is 0 Å². The van der Waals surface area contributed by atoms with Crippen molar-refractivity contribution in [2.45, 2.75) is 45.7 Å². The average Bonchev–Trinajstić information content (AvgIpc) is 3.05. The first-order valence-corrected chi connectivity index (χ1v) is 6.15. The van der Waals surface area contributed by atoms with Gasteiger partial charge in [0.1, 0.15) is 0 Å². The molecule has 1 aliphatic carbocycles. The molecule has 1 nitrogen and oxygen atoms in total. The lowest BCUT2D eigenvalue weighted by Gasteiger charge is -2.08. The van der Waals surface area contributed by atoms with Gasteiger partial charge in [-0.05, 0) is 29.9 Å². The lowest BCUT2D eigenvalue weighted by atomic mass is 10.1. The molecule has 0 amide bonds. The molecular formula is C14H21N. The fourth-order valence-corrected chi connectivity index (χ4v) is 2.26. The lowest BCUT2D eigenvalue weighted by molar-refractivity contribution is 0.621. The molecule has 1 saturated carbocycles. The molecule has 2 unspecified atom stereocenters. The number of rotatable bonds is 5. The largest absolute Gasteiger partial charge is 0.310 e. The van der Waals surface area contributed by atoms with Crippen LogP contribution in [0.5, 0.6) is 0 Å². The quantitative estimate of drug-likeness (QED) is 0.775. The Morgan fingerprint density at radius 3 is 2.53 bits per heavy atom. The Bertz CT molecular complexity index is 319. The van der Waals surface area contributed by atoms with Crippen LogP contribution < -0.4 is 5.32 Å². The van der Waals surface area contributed by atoms with Gasteiger partial charge in [0.2, 0.25) is 0 Å². The molecule has 0 bridgehead atoms. The van der Waals surface area contributed by atoms with Gasteiger partial charge in [0.15, 0.2) is 0 Å². The molecule has 1 aliphatic rings. The van der Waals surface area contributed by atoms with Crippen molar-refractivity contribution in [1.29, 1.82) is 0 Å². The maximum atomic E-state index is 3.65. The van der Waals surface area contributed by atoms with Crippen molar-refractivity contribution in [3.05, 3.63) is 35.4 Å². The van der Waals surface area contributed by atoms with E-state index in [4.69, 9.17) is 0 Å². The van der Waals surface area contributed by atoms with Crippen molar-refractivity contribution < 1.29 is 0 Å². The summed E-state index contributed by atoms with van der Waals surface area (Å²) in [5, 5.41) is 3.65. The third-order valence-electron chi connectivity index (χ3n) is 3.50. The van der Waals surface area contributed by atoms with Crippen LogP contribution in [0.25, 0.3) is 0 Å². The monoisotopic (exact) mass is 203 g/mol. The van der Waals surface area contributed by atoms with E-state index in [1.165, 1.54) is 24.0 Å². The van der Waals surface area contributed by atoms with Gasteiger partial charge in [-0.3, -0.25) is 0 Å². The van der Waals surface area contributed by atoms with E-state index in [-0.39, 0.29) is 0 Å². The Morgan fingerprint density at radius 1 is 1.20 bits per heavy atom. The predicted octanol–water partition coefficient (Wildman–Crippen LogP) is 3.14. The molecule has 1 aromatic carbocycles. The topological polar surface area (TPSA) is 12.0 Å². The second-order valence-corrected chi connectivity index (χ2v) is 4.51. The molecule has 1 aromatic rings. The number of aryl methyl sites for hydroxylation is 1. The molecule has 1 fully saturated rings. The van der Waals surface area contributed by atoms with Crippen molar-refractivity contribution in [2.24, 2.45) is 5.92 Å². The van der Waals surface area contributed by atoms with Crippen LogP contribution in [0.4, 0.5) is 0 Å². The summed E-state index contributed by atoms with van der Waals surface area (Å²) in [6, 6.07) is 9.55. The van der Waals surface area contributed by atoms with Gasteiger partial charge >= 0.3 is 0 Å². The maximum Gasteiger partial charge on any atom is 0.0210 e. The second kappa shape index (κ2) is 4.80. The van der Waals surface area contributed by atoms with Crippen molar-refractivity contribution >= 4 is 0 Å².